The minimum absolute atomic E-state index is 0.973. The van der Waals surface area contributed by atoms with E-state index in [1.807, 2.05) is 70.4 Å². The number of hydrogen-bond donors (Lipinski definition) is 0. The van der Waals surface area contributed by atoms with Crippen LogP contribution >= 0.6 is 34.0 Å². The molecule has 0 amide bonds. The van der Waals surface area contributed by atoms with Crippen molar-refractivity contribution in [1.29, 1.82) is 0 Å². The van der Waals surface area contributed by atoms with Gasteiger partial charge in [-0.15, -0.1) is 34.0 Å². The highest BCUT2D eigenvalue weighted by atomic mass is 32.1. The van der Waals surface area contributed by atoms with Crippen molar-refractivity contribution >= 4 is 182 Å². The second kappa shape index (κ2) is 29.2. The molecule has 518 valence electrons. The van der Waals surface area contributed by atoms with Crippen LogP contribution in [0.5, 0.6) is 0 Å². The molecule has 0 bridgehead atoms. The van der Waals surface area contributed by atoms with Gasteiger partial charge >= 0.3 is 0 Å². The molecule has 105 heavy (non-hydrogen) atoms. The molecule has 0 aliphatic carbocycles. The summed E-state index contributed by atoms with van der Waals surface area (Å²) in [6.45, 7) is 29.8. The largest absolute Gasteiger partial charge is 0.456 e. The van der Waals surface area contributed by atoms with Crippen molar-refractivity contribution < 1.29 is 17.7 Å². The van der Waals surface area contributed by atoms with Crippen LogP contribution in [-0.2, 0) is 0 Å². The zero-order chi connectivity index (χ0) is 72.9. The van der Waals surface area contributed by atoms with Gasteiger partial charge < -0.3 is 17.7 Å². The number of aryl methyl sites for hydroxylation is 14. The molecule has 0 unspecified atom stereocenters. The Morgan fingerprint density at radius 1 is 0.181 bits per heavy atom. The number of fused-ring (bicyclic) bond motifs is 21. The molecule has 7 heteroatoms. The first-order valence-electron chi connectivity index (χ1n) is 36.0. The fraction of sp³-hybridized carbons (Fsp3) is 0.143. The van der Waals surface area contributed by atoms with Gasteiger partial charge in [0.15, 0.2) is 0 Å². The zero-order valence-electron chi connectivity index (χ0n) is 62.1. The molecule has 0 N–H and O–H groups in total. The number of thiophene rings is 3. The Labute approximate surface area is 625 Å². The predicted octanol–water partition coefficient (Wildman–Crippen LogP) is 30.8. The second-order valence-corrected chi connectivity index (χ2v) is 31.4. The highest BCUT2D eigenvalue weighted by molar-refractivity contribution is 7.26. The highest BCUT2D eigenvalue weighted by Gasteiger charge is 2.15. The first-order valence-corrected chi connectivity index (χ1v) is 38.4. The van der Waals surface area contributed by atoms with Crippen LogP contribution in [0.1, 0.15) is 77.9 Å². The van der Waals surface area contributed by atoms with E-state index in [0.717, 1.165) is 44.7 Å². The molecule has 0 aliphatic heterocycles. The first kappa shape index (κ1) is 69.6. The molecule has 0 spiro atoms. The molecule has 14 aromatic carbocycles. The third kappa shape index (κ3) is 13.8. The second-order valence-electron chi connectivity index (χ2n) is 28.3. The summed E-state index contributed by atoms with van der Waals surface area (Å²) in [5.41, 5.74) is 26.0. The van der Waals surface area contributed by atoms with E-state index in [1.165, 1.54) is 181 Å². The Bertz CT molecular complexity index is 6360. The van der Waals surface area contributed by atoms with Crippen molar-refractivity contribution in [3.8, 4) is 0 Å². The molecule has 7 heterocycles. The quantitative estimate of drug-likeness (QED) is 0.152. The topological polar surface area (TPSA) is 52.6 Å². The highest BCUT2D eigenvalue weighted by Crippen LogP contribution is 2.41. The van der Waals surface area contributed by atoms with Crippen LogP contribution in [0.4, 0.5) is 0 Å². The molecule has 4 nitrogen and oxygen atoms in total. The number of furan rings is 4. The molecule has 21 rings (SSSR count). The summed E-state index contributed by atoms with van der Waals surface area (Å²) in [6, 6.07) is 89.9. The van der Waals surface area contributed by atoms with Gasteiger partial charge in [0.25, 0.3) is 0 Å². The summed E-state index contributed by atoms with van der Waals surface area (Å²) < 4.78 is 31.9. The smallest absolute Gasteiger partial charge is 0.138 e. The minimum atomic E-state index is 0.973. The lowest BCUT2D eigenvalue weighted by Crippen LogP contribution is -1.77. The Balaban J connectivity index is 0.0000000983. The Morgan fingerprint density at radius 3 is 1.10 bits per heavy atom. The fourth-order valence-electron chi connectivity index (χ4n) is 14.6. The van der Waals surface area contributed by atoms with Crippen LogP contribution < -0.4 is 0 Å². The lowest BCUT2D eigenvalue weighted by molar-refractivity contribution is 0.662. The lowest BCUT2D eigenvalue weighted by atomic mass is 10.0. The van der Waals surface area contributed by atoms with E-state index in [2.05, 4.69) is 315 Å². The Morgan fingerprint density at radius 2 is 0.543 bits per heavy atom. The molecule has 0 saturated heterocycles. The maximum absolute atomic E-state index is 5.91. The maximum Gasteiger partial charge on any atom is 0.138 e. The first-order chi connectivity index (χ1) is 50.8. The van der Waals surface area contributed by atoms with E-state index in [0.29, 0.717) is 0 Å². The third-order valence-corrected chi connectivity index (χ3v) is 24.1. The Kier molecular flexibility index (Phi) is 19.4. The van der Waals surface area contributed by atoms with Crippen LogP contribution in [-0.4, -0.2) is 0 Å². The van der Waals surface area contributed by atoms with Crippen molar-refractivity contribution in [2.45, 2.75) is 96.9 Å². The normalized spacial score (nSPS) is 11.3. The molecule has 7 aromatic heterocycles. The van der Waals surface area contributed by atoms with Gasteiger partial charge in [0, 0.05) is 104 Å². The number of benzene rings is 14. The fourth-order valence-corrected chi connectivity index (χ4v) is 18.1. The predicted molar refractivity (Wildman–Crippen MR) is 459 cm³/mol. The summed E-state index contributed by atoms with van der Waals surface area (Å²) in [5.74, 6) is 0. The van der Waals surface area contributed by atoms with Crippen LogP contribution in [0.2, 0.25) is 0 Å². The lowest BCUT2D eigenvalue weighted by Gasteiger charge is -1.97. The standard InChI is InChI=1S/4C14H12O.3C14H12S/c1-9-5-4-8-12-13(9)11-7-3-6-10(2)14(11)15-12;1-9-3-5-13-11(7-9)12-8-10(2)4-6-14(12)15-13;1-9-5-3-7-11-12-8-4-6-10(2)14(12)15-13(9)11;1-9-7-8-10(2)14-13(9)11-5-3-4-6-12(11)15-14;1-9-3-5-13-11(7-9)12-8-10(2)4-6-14(12)15-13;1-9-5-3-7-11-12-8-4-6-10(2)14(12)15-13(9)11;1-9-6-7-11-12-5-3-4-10(2)14(12)15-13(11)8-9/h7*3-8H,1-2H3. The number of hydrogen-bond acceptors (Lipinski definition) is 7. The number of para-hydroxylation sites is 4. The van der Waals surface area contributed by atoms with Crippen molar-refractivity contribution in [3.63, 3.8) is 0 Å². The molecule has 0 radical (unpaired) electrons. The molecule has 0 aliphatic rings. The summed E-state index contributed by atoms with van der Waals surface area (Å²) in [7, 11) is 0. The average molecular weight is 1420 g/mol. The zero-order valence-corrected chi connectivity index (χ0v) is 64.6. The molecular formula is C98H84O4S3. The van der Waals surface area contributed by atoms with Gasteiger partial charge in [-0.05, 0) is 219 Å². The van der Waals surface area contributed by atoms with Crippen molar-refractivity contribution in [2.75, 3.05) is 0 Å². The van der Waals surface area contributed by atoms with Gasteiger partial charge in [0.2, 0.25) is 0 Å². The van der Waals surface area contributed by atoms with E-state index in [1.54, 1.807) is 0 Å². The summed E-state index contributed by atoms with van der Waals surface area (Å²) in [4.78, 5) is 0. The SMILES string of the molecule is Cc1ccc(C)c2c1oc1ccccc12.Cc1ccc2c(c1)sc1c(C)cccc12.Cc1ccc2oc3ccc(C)cc3c2c1.Cc1ccc2sc3ccc(C)cc3c2c1.Cc1cccc2c1oc1c(C)cccc12.Cc1cccc2c1oc1cccc(C)c12.Cc1cccc2c1sc1c(C)cccc12. The maximum atomic E-state index is 5.91. The minimum Gasteiger partial charge on any atom is -0.456 e. The van der Waals surface area contributed by atoms with E-state index >= 15 is 0 Å². The van der Waals surface area contributed by atoms with E-state index in [4.69, 9.17) is 17.7 Å². The van der Waals surface area contributed by atoms with Crippen molar-refractivity contribution in [2.24, 2.45) is 0 Å². The number of rotatable bonds is 0. The van der Waals surface area contributed by atoms with Crippen molar-refractivity contribution in [1.82, 2.24) is 0 Å². The van der Waals surface area contributed by atoms with E-state index in [9.17, 15) is 0 Å². The monoisotopic (exact) mass is 1420 g/mol. The average Bonchev–Trinajstić information content (AvgIpc) is 1.68. The van der Waals surface area contributed by atoms with E-state index in [-0.39, 0.29) is 0 Å². The summed E-state index contributed by atoms with van der Waals surface area (Å²) >= 11 is 5.70. The summed E-state index contributed by atoms with van der Waals surface area (Å²) in [5, 5.41) is 18.2. The third-order valence-electron chi connectivity index (χ3n) is 20.1. The van der Waals surface area contributed by atoms with Crippen LogP contribution in [0.3, 0.4) is 0 Å². The Hall–Kier alpha value is -11.1. The molecule has 0 atom stereocenters. The van der Waals surface area contributed by atoms with Crippen molar-refractivity contribution in [3.05, 3.63) is 333 Å². The van der Waals surface area contributed by atoms with Crippen LogP contribution in [0, 0.1) is 96.9 Å². The molecule has 21 aromatic rings. The van der Waals surface area contributed by atoms with Gasteiger partial charge in [-0.2, -0.15) is 0 Å². The summed E-state index contributed by atoms with van der Waals surface area (Å²) in [6.07, 6.45) is 0. The van der Waals surface area contributed by atoms with Crippen LogP contribution in [0.15, 0.2) is 272 Å². The van der Waals surface area contributed by atoms with Gasteiger partial charge in [0.1, 0.15) is 44.7 Å². The van der Waals surface area contributed by atoms with E-state index < -0.39 is 0 Å². The van der Waals surface area contributed by atoms with Crippen LogP contribution in [0.25, 0.3) is 148 Å². The van der Waals surface area contributed by atoms with Gasteiger partial charge in [0.05, 0.1) is 0 Å². The van der Waals surface area contributed by atoms with Gasteiger partial charge in [-0.25, -0.2) is 0 Å². The molecule has 0 fully saturated rings. The molecule has 0 saturated carbocycles. The van der Waals surface area contributed by atoms with Gasteiger partial charge in [-0.3, -0.25) is 0 Å². The van der Waals surface area contributed by atoms with Gasteiger partial charge in [-0.1, -0.05) is 210 Å². The molecular weight excluding hydrogens is 1340 g/mol.